The molecule has 0 saturated heterocycles. The highest BCUT2D eigenvalue weighted by Crippen LogP contribution is 2.40. The zero-order chi connectivity index (χ0) is 25.7. The lowest BCUT2D eigenvalue weighted by Crippen LogP contribution is -2.38. The second-order valence-electron chi connectivity index (χ2n) is 8.42. The number of halogens is 3. The molecule has 0 unspecified atom stereocenters. The van der Waals surface area contributed by atoms with Crippen LogP contribution in [0.25, 0.3) is 11.0 Å². The average Bonchev–Trinajstić information content (AvgIpc) is 2.85. The van der Waals surface area contributed by atoms with Crippen LogP contribution in [0.2, 0.25) is 0 Å². The molecule has 1 saturated carbocycles. The maximum atomic E-state index is 13.9. The monoisotopic (exact) mass is 505 g/mol. The minimum absolute atomic E-state index is 0.0552. The number of hydrogen-bond acceptors (Lipinski definition) is 6. The summed E-state index contributed by atoms with van der Waals surface area (Å²) in [5.74, 6) is -2.69. The highest BCUT2D eigenvalue weighted by Gasteiger charge is 2.40. The third-order valence-electron chi connectivity index (χ3n) is 5.78. The maximum Gasteiger partial charge on any atom is 0.453 e. The smallest absolute Gasteiger partial charge is 0.453 e. The highest BCUT2D eigenvalue weighted by atomic mass is 19.4. The minimum Gasteiger partial charge on any atom is -0.490 e. The molecule has 36 heavy (non-hydrogen) atoms. The molecule has 192 valence electrons. The molecule has 1 aliphatic rings. The third-order valence-corrected chi connectivity index (χ3v) is 5.78. The Morgan fingerprint density at radius 2 is 1.78 bits per heavy atom. The van der Waals surface area contributed by atoms with E-state index in [0.29, 0.717) is 0 Å². The lowest BCUT2D eigenvalue weighted by atomic mass is 9.95. The summed E-state index contributed by atoms with van der Waals surface area (Å²) in [5.41, 5.74) is -1.35. The fourth-order valence-corrected chi connectivity index (χ4v) is 4.11. The van der Waals surface area contributed by atoms with Crippen molar-refractivity contribution in [3.63, 3.8) is 0 Å². The summed E-state index contributed by atoms with van der Waals surface area (Å²) in [5, 5.41) is 2.76. The SMILES string of the molecule is CCOc1ccccc1Oc1c(C(F)(F)F)oc2cc(OCC(=O)NC3CCCCC3)ccc2c1=O. The number of alkyl halides is 3. The van der Waals surface area contributed by atoms with E-state index in [0.717, 1.165) is 38.2 Å². The van der Waals surface area contributed by atoms with Crippen LogP contribution in [0.15, 0.2) is 51.7 Å². The molecule has 7 nitrogen and oxygen atoms in total. The normalized spacial score (nSPS) is 14.4. The Morgan fingerprint density at radius 3 is 2.47 bits per heavy atom. The Kier molecular flexibility index (Phi) is 7.71. The van der Waals surface area contributed by atoms with Crippen molar-refractivity contribution in [3.8, 4) is 23.0 Å². The van der Waals surface area contributed by atoms with E-state index in [1.54, 1.807) is 19.1 Å². The number of ether oxygens (including phenoxy) is 3. The predicted octanol–water partition coefficient (Wildman–Crippen LogP) is 5.83. The largest absolute Gasteiger partial charge is 0.490 e. The zero-order valence-electron chi connectivity index (χ0n) is 19.7. The molecule has 1 heterocycles. The van der Waals surface area contributed by atoms with E-state index in [2.05, 4.69) is 5.32 Å². The number of amides is 1. The molecular formula is C26H26F3NO6. The Morgan fingerprint density at radius 1 is 1.06 bits per heavy atom. The summed E-state index contributed by atoms with van der Waals surface area (Å²) in [4.78, 5) is 25.2. The third kappa shape index (κ3) is 5.92. The van der Waals surface area contributed by atoms with E-state index in [9.17, 15) is 22.8 Å². The first kappa shape index (κ1) is 25.4. The second-order valence-corrected chi connectivity index (χ2v) is 8.42. The fourth-order valence-electron chi connectivity index (χ4n) is 4.11. The fraction of sp³-hybridized carbons (Fsp3) is 0.385. The molecule has 1 aromatic heterocycles. The van der Waals surface area contributed by atoms with E-state index in [1.807, 2.05) is 0 Å². The molecule has 10 heteroatoms. The average molecular weight is 505 g/mol. The predicted molar refractivity (Wildman–Crippen MR) is 126 cm³/mol. The lowest BCUT2D eigenvalue weighted by Gasteiger charge is -2.22. The Balaban J connectivity index is 1.60. The van der Waals surface area contributed by atoms with Crippen LogP contribution in [-0.2, 0) is 11.0 Å². The van der Waals surface area contributed by atoms with E-state index in [1.165, 1.54) is 24.3 Å². The van der Waals surface area contributed by atoms with Gasteiger partial charge in [0.2, 0.25) is 11.2 Å². The van der Waals surface area contributed by atoms with Crippen molar-refractivity contribution < 1.29 is 36.6 Å². The van der Waals surface area contributed by atoms with Gasteiger partial charge in [0.25, 0.3) is 11.7 Å². The summed E-state index contributed by atoms with van der Waals surface area (Å²) in [6.07, 6.45) is 0.0653. The van der Waals surface area contributed by atoms with Gasteiger partial charge in [0.15, 0.2) is 18.1 Å². The molecular weight excluding hydrogens is 479 g/mol. The molecule has 1 fully saturated rings. The number of carbonyl (C=O) groups excluding carboxylic acids is 1. The number of para-hydroxylation sites is 2. The van der Waals surface area contributed by atoms with Crippen molar-refractivity contribution in [1.82, 2.24) is 5.32 Å². The summed E-state index contributed by atoms with van der Waals surface area (Å²) in [6, 6.07) is 9.99. The van der Waals surface area contributed by atoms with E-state index in [-0.39, 0.29) is 53.4 Å². The van der Waals surface area contributed by atoms with Gasteiger partial charge < -0.3 is 23.9 Å². The molecule has 0 spiro atoms. The topological polar surface area (TPSA) is 87.0 Å². The molecule has 0 atom stereocenters. The first-order chi connectivity index (χ1) is 17.3. The summed E-state index contributed by atoms with van der Waals surface area (Å²) < 4.78 is 62.9. The molecule has 0 aliphatic heterocycles. The Labute approximate surface area is 205 Å². The number of carbonyl (C=O) groups is 1. The van der Waals surface area contributed by atoms with Gasteiger partial charge in [0.1, 0.15) is 11.3 Å². The molecule has 0 bridgehead atoms. The number of nitrogens with one attached hydrogen (secondary N) is 1. The van der Waals surface area contributed by atoms with Gasteiger partial charge in [-0.15, -0.1) is 0 Å². The molecule has 1 amide bonds. The first-order valence-electron chi connectivity index (χ1n) is 11.8. The van der Waals surface area contributed by atoms with Crippen LogP contribution in [0.1, 0.15) is 44.8 Å². The number of hydrogen-bond donors (Lipinski definition) is 1. The van der Waals surface area contributed by atoms with Crippen LogP contribution < -0.4 is 25.0 Å². The second kappa shape index (κ2) is 10.9. The Bertz CT molecular complexity index is 1280. The zero-order valence-corrected chi connectivity index (χ0v) is 19.7. The molecule has 4 rings (SSSR count). The van der Waals surface area contributed by atoms with Crippen molar-refractivity contribution in [2.45, 2.75) is 51.2 Å². The van der Waals surface area contributed by atoms with Crippen molar-refractivity contribution in [2.24, 2.45) is 0 Å². The summed E-state index contributed by atoms with van der Waals surface area (Å²) >= 11 is 0. The maximum absolute atomic E-state index is 13.9. The van der Waals surface area contributed by atoms with Gasteiger partial charge in [-0.25, -0.2) is 0 Å². The lowest BCUT2D eigenvalue weighted by molar-refractivity contribution is -0.154. The first-order valence-corrected chi connectivity index (χ1v) is 11.8. The van der Waals surface area contributed by atoms with E-state index >= 15 is 0 Å². The molecule has 0 radical (unpaired) electrons. The van der Waals surface area contributed by atoms with Crippen LogP contribution in [0.5, 0.6) is 23.0 Å². The van der Waals surface area contributed by atoms with Gasteiger partial charge in [-0.2, -0.15) is 13.2 Å². The number of benzene rings is 2. The van der Waals surface area contributed by atoms with Crippen LogP contribution in [0.4, 0.5) is 13.2 Å². The quantitative estimate of drug-likeness (QED) is 0.415. The Hall–Kier alpha value is -3.69. The molecule has 3 aromatic rings. The summed E-state index contributed by atoms with van der Waals surface area (Å²) in [7, 11) is 0. The number of rotatable bonds is 8. The van der Waals surface area contributed by atoms with Gasteiger partial charge >= 0.3 is 6.18 Å². The molecule has 1 N–H and O–H groups in total. The van der Waals surface area contributed by atoms with Crippen LogP contribution >= 0.6 is 0 Å². The van der Waals surface area contributed by atoms with Crippen molar-refractivity contribution >= 4 is 16.9 Å². The van der Waals surface area contributed by atoms with Gasteiger partial charge in [0, 0.05) is 12.1 Å². The van der Waals surface area contributed by atoms with E-state index < -0.39 is 23.1 Å². The van der Waals surface area contributed by atoms with Crippen LogP contribution in [-0.4, -0.2) is 25.2 Å². The molecule has 1 aliphatic carbocycles. The highest BCUT2D eigenvalue weighted by molar-refractivity contribution is 5.81. The van der Waals surface area contributed by atoms with Crippen LogP contribution in [0, 0.1) is 0 Å². The van der Waals surface area contributed by atoms with Crippen LogP contribution in [0.3, 0.4) is 0 Å². The summed E-state index contributed by atoms with van der Waals surface area (Å²) in [6.45, 7) is 1.65. The minimum atomic E-state index is -5.01. The molecule has 2 aromatic carbocycles. The van der Waals surface area contributed by atoms with Crippen molar-refractivity contribution in [1.29, 1.82) is 0 Å². The van der Waals surface area contributed by atoms with Gasteiger partial charge in [-0.3, -0.25) is 9.59 Å². The van der Waals surface area contributed by atoms with Crippen molar-refractivity contribution in [3.05, 3.63) is 58.4 Å². The standard InChI is InChI=1S/C26H26F3NO6/c1-2-33-19-10-6-7-11-20(19)35-24-23(32)18-13-12-17(14-21(18)36-25(24)26(27,28)29)34-15-22(31)30-16-8-4-3-5-9-16/h6-7,10-14,16H,2-5,8-9,15H2,1H3,(H,30,31). The van der Waals surface area contributed by atoms with Gasteiger partial charge in [0.05, 0.1) is 12.0 Å². The van der Waals surface area contributed by atoms with Gasteiger partial charge in [-0.1, -0.05) is 31.4 Å². The number of fused-ring (bicyclic) bond motifs is 1. The van der Waals surface area contributed by atoms with Crippen molar-refractivity contribution in [2.75, 3.05) is 13.2 Å². The van der Waals surface area contributed by atoms with Gasteiger partial charge in [-0.05, 0) is 44.0 Å². The van der Waals surface area contributed by atoms with E-state index in [4.69, 9.17) is 18.6 Å².